The van der Waals surface area contributed by atoms with E-state index >= 15 is 0 Å². The molecule has 180 valence electrons. The first-order chi connectivity index (χ1) is 17.0. The fraction of sp³-hybridized carbons (Fsp3) is 0.240. The molecule has 0 aliphatic carbocycles. The zero-order chi connectivity index (χ0) is 24.8. The quantitative estimate of drug-likeness (QED) is 0.285. The molecular formula is C25H27N7O2S. The van der Waals surface area contributed by atoms with Crippen molar-refractivity contribution < 1.29 is 9.53 Å². The number of ether oxygens (including phenoxy) is 1. The smallest absolute Gasteiger partial charge is 0.321 e. The molecule has 1 unspecified atom stereocenters. The van der Waals surface area contributed by atoms with Crippen molar-refractivity contribution in [1.29, 1.82) is 0 Å². The molecule has 4 rings (SSSR count). The standard InChI is InChI=1S/C25H27N7O2S/c1-4-27-24(33)32-25-31-21-12-17(11-19(22(21)35-25)20-7-5-6-10-28-20)18-13-29-23(30-14-18)16(3)34-15(2)8-9-26/h5-7,10-14,16H,2,4,8-9,26H2,1,3H3,(H2,27,31,32,33). The van der Waals surface area contributed by atoms with Crippen LogP contribution < -0.4 is 16.4 Å². The van der Waals surface area contributed by atoms with Gasteiger partial charge in [-0.05, 0) is 50.2 Å². The van der Waals surface area contributed by atoms with E-state index in [4.69, 9.17) is 10.5 Å². The molecule has 0 aliphatic heterocycles. The molecule has 0 radical (unpaired) electrons. The van der Waals surface area contributed by atoms with Gasteiger partial charge in [0.15, 0.2) is 17.1 Å². The molecule has 10 heteroatoms. The van der Waals surface area contributed by atoms with E-state index in [1.807, 2.05) is 44.2 Å². The monoisotopic (exact) mass is 489 g/mol. The van der Waals surface area contributed by atoms with Crippen LogP contribution in [0.2, 0.25) is 0 Å². The van der Waals surface area contributed by atoms with Crippen molar-refractivity contribution in [3.8, 4) is 22.4 Å². The molecule has 35 heavy (non-hydrogen) atoms. The number of carbonyl (C=O) groups excluding carboxylic acids is 1. The van der Waals surface area contributed by atoms with Crippen LogP contribution in [0.15, 0.2) is 61.3 Å². The lowest BCUT2D eigenvalue weighted by Crippen LogP contribution is -2.28. The summed E-state index contributed by atoms with van der Waals surface area (Å²) >= 11 is 1.40. The summed E-state index contributed by atoms with van der Waals surface area (Å²) in [5.41, 5.74) is 9.75. The fourth-order valence-corrected chi connectivity index (χ4v) is 4.45. The van der Waals surface area contributed by atoms with Crippen LogP contribution in [0.4, 0.5) is 9.93 Å². The van der Waals surface area contributed by atoms with Crippen LogP contribution in [0.3, 0.4) is 0 Å². The number of rotatable bonds is 9. The van der Waals surface area contributed by atoms with Gasteiger partial charge in [0.1, 0.15) is 0 Å². The molecule has 0 aliphatic rings. The maximum atomic E-state index is 12.0. The summed E-state index contributed by atoms with van der Waals surface area (Å²) in [5.74, 6) is 1.17. The van der Waals surface area contributed by atoms with Gasteiger partial charge in [-0.25, -0.2) is 19.7 Å². The Morgan fingerprint density at radius 1 is 1.20 bits per heavy atom. The van der Waals surface area contributed by atoms with Crippen molar-refractivity contribution in [2.75, 3.05) is 18.4 Å². The minimum absolute atomic E-state index is 0.291. The number of amides is 2. The number of hydrogen-bond acceptors (Lipinski definition) is 8. The zero-order valence-electron chi connectivity index (χ0n) is 19.6. The Labute approximate surface area is 207 Å². The van der Waals surface area contributed by atoms with Gasteiger partial charge in [-0.2, -0.15) is 0 Å². The van der Waals surface area contributed by atoms with Crippen molar-refractivity contribution in [1.82, 2.24) is 25.3 Å². The van der Waals surface area contributed by atoms with Crippen LogP contribution in [0, 0.1) is 0 Å². The van der Waals surface area contributed by atoms with E-state index in [0.29, 0.717) is 36.2 Å². The molecular weight excluding hydrogens is 462 g/mol. The maximum Gasteiger partial charge on any atom is 0.321 e. The van der Waals surface area contributed by atoms with E-state index in [1.54, 1.807) is 18.6 Å². The van der Waals surface area contributed by atoms with Gasteiger partial charge >= 0.3 is 6.03 Å². The molecule has 4 N–H and O–H groups in total. The highest BCUT2D eigenvalue weighted by molar-refractivity contribution is 7.22. The van der Waals surface area contributed by atoms with E-state index in [1.165, 1.54) is 11.3 Å². The lowest BCUT2D eigenvalue weighted by Gasteiger charge is -2.15. The fourth-order valence-electron chi connectivity index (χ4n) is 3.49. The van der Waals surface area contributed by atoms with Crippen LogP contribution in [0.1, 0.15) is 32.2 Å². The normalized spacial score (nSPS) is 11.7. The number of nitrogens with zero attached hydrogens (tertiary/aromatic N) is 4. The number of pyridine rings is 1. The van der Waals surface area contributed by atoms with Crippen LogP contribution in [0.25, 0.3) is 32.6 Å². The predicted molar refractivity (Wildman–Crippen MR) is 139 cm³/mol. The van der Waals surface area contributed by atoms with Crippen molar-refractivity contribution in [3.63, 3.8) is 0 Å². The Morgan fingerprint density at radius 3 is 2.69 bits per heavy atom. The summed E-state index contributed by atoms with van der Waals surface area (Å²) in [5, 5.41) is 6.03. The maximum absolute atomic E-state index is 12.0. The molecule has 2 amide bonds. The molecule has 3 heterocycles. The van der Waals surface area contributed by atoms with E-state index < -0.39 is 0 Å². The van der Waals surface area contributed by atoms with Gasteiger partial charge in [-0.3, -0.25) is 10.3 Å². The SMILES string of the molecule is C=C(CCN)OC(C)c1ncc(-c2cc(-c3ccccn3)c3sc(NC(=O)NCC)nc3c2)cn1. The van der Waals surface area contributed by atoms with Crippen molar-refractivity contribution in [2.45, 2.75) is 26.4 Å². The molecule has 1 aromatic carbocycles. The molecule has 1 atom stereocenters. The first-order valence-corrected chi connectivity index (χ1v) is 12.1. The van der Waals surface area contributed by atoms with E-state index in [2.05, 4.69) is 37.1 Å². The highest BCUT2D eigenvalue weighted by Crippen LogP contribution is 2.38. The third-order valence-electron chi connectivity index (χ3n) is 5.12. The Hall–Kier alpha value is -3.89. The summed E-state index contributed by atoms with van der Waals surface area (Å²) in [6.07, 6.45) is 5.52. The summed E-state index contributed by atoms with van der Waals surface area (Å²) in [4.78, 5) is 30.2. The number of benzene rings is 1. The van der Waals surface area contributed by atoms with Gasteiger partial charge in [-0.1, -0.05) is 24.0 Å². The number of fused-ring (bicyclic) bond motifs is 1. The number of hydrogen-bond donors (Lipinski definition) is 3. The predicted octanol–water partition coefficient (Wildman–Crippen LogP) is 4.90. The van der Waals surface area contributed by atoms with Gasteiger partial charge in [0.2, 0.25) is 0 Å². The summed E-state index contributed by atoms with van der Waals surface area (Å²) in [6, 6.07) is 9.47. The Bertz CT molecular complexity index is 1320. The third-order valence-corrected chi connectivity index (χ3v) is 6.14. The number of anilines is 1. The largest absolute Gasteiger partial charge is 0.488 e. The first-order valence-electron chi connectivity index (χ1n) is 11.3. The molecule has 4 aromatic rings. The molecule has 0 bridgehead atoms. The van der Waals surface area contributed by atoms with Crippen LogP contribution in [0.5, 0.6) is 0 Å². The zero-order valence-corrected chi connectivity index (χ0v) is 20.4. The number of urea groups is 1. The molecule has 0 saturated carbocycles. The molecule has 3 aromatic heterocycles. The Kier molecular flexibility index (Phi) is 7.64. The average molecular weight is 490 g/mol. The summed E-state index contributed by atoms with van der Waals surface area (Å²) in [6.45, 7) is 8.61. The first kappa shape index (κ1) is 24.2. The van der Waals surface area contributed by atoms with Crippen molar-refractivity contribution in [3.05, 3.63) is 67.1 Å². The number of carbonyl (C=O) groups is 1. The second-order valence-electron chi connectivity index (χ2n) is 7.76. The number of aromatic nitrogens is 4. The summed E-state index contributed by atoms with van der Waals surface area (Å²) in [7, 11) is 0. The number of nitrogens with one attached hydrogen (secondary N) is 2. The molecule has 0 saturated heterocycles. The van der Waals surface area contributed by atoms with Gasteiger partial charge in [-0.15, -0.1) is 0 Å². The average Bonchev–Trinajstić information content (AvgIpc) is 3.26. The van der Waals surface area contributed by atoms with Crippen molar-refractivity contribution in [2.24, 2.45) is 5.73 Å². The van der Waals surface area contributed by atoms with Crippen LogP contribution in [-0.4, -0.2) is 39.1 Å². The topological polar surface area (TPSA) is 128 Å². The van der Waals surface area contributed by atoms with Gasteiger partial charge in [0.25, 0.3) is 0 Å². The molecule has 0 spiro atoms. The minimum Gasteiger partial charge on any atom is -0.488 e. The van der Waals surface area contributed by atoms with Crippen molar-refractivity contribution >= 4 is 32.7 Å². The van der Waals surface area contributed by atoms with Crippen LogP contribution in [-0.2, 0) is 4.74 Å². The molecule has 0 fully saturated rings. The highest BCUT2D eigenvalue weighted by Gasteiger charge is 2.16. The van der Waals surface area contributed by atoms with Crippen LogP contribution >= 0.6 is 11.3 Å². The van der Waals surface area contributed by atoms with Gasteiger partial charge < -0.3 is 15.8 Å². The third kappa shape index (κ3) is 5.79. The van der Waals surface area contributed by atoms with E-state index in [-0.39, 0.29) is 12.1 Å². The van der Waals surface area contributed by atoms with Gasteiger partial charge in [0, 0.05) is 42.7 Å². The Balaban J connectivity index is 1.69. The minimum atomic E-state index is -0.337. The second kappa shape index (κ2) is 11.0. The Morgan fingerprint density at radius 2 is 2.00 bits per heavy atom. The second-order valence-corrected chi connectivity index (χ2v) is 8.76. The van der Waals surface area contributed by atoms with E-state index in [0.717, 1.165) is 32.6 Å². The number of thiazole rings is 1. The summed E-state index contributed by atoms with van der Waals surface area (Å²) < 4.78 is 6.68. The lowest BCUT2D eigenvalue weighted by molar-refractivity contribution is 0.120. The number of nitrogens with two attached hydrogens (primary N) is 1. The van der Waals surface area contributed by atoms with E-state index in [9.17, 15) is 4.79 Å². The lowest BCUT2D eigenvalue weighted by atomic mass is 10.0. The molecule has 9 nitrogen and oxygen atoms in total. The highest BCUT2D eigenvalue weighted by atomic mass is 32.1. The van der Waals surface area contributed by atoms with Gasteiger partial charge in [0.05, 0.1) is 21.7 Å².